The molecular weight excluding hydrogens is 222 g/mol. The Balaban J connectivity index is 2.54. The number of carboxylic acid groups (broad SMARTS) is 1. The fourth-order valence-corrected chi connectivity index (χ4v) is 1.98. The van der Waals surface area contributed by atoms with Crippen molar-refractivity contribution in [2.45, 2.75) is 6.04 Å². The highest BCUT2D eigenvalue weighted by Gasteiger charge is 2.29. The molecule has 1 heterocycles. The highest BCUT2D eigenvalue weighted by atomic mass is 32.2. The first kappa shape index (κ1) is 12.4. The molecule has 6 nitrogen and oxygen atoms in total. The van der Waals surface area contributed by atoms with E-state index in [0.29, 0.717) is 13.2 Å². The molecule has 1 rings (SSSR count). The third kappa shape index (κ3) is 4.15. The normalized spacial score (nSPS) is 23.9. The fraction of sp³-hybridized carbons (Fsp3) is 0.875. The van der Waals surface area contributed by atoms with Gasteiger partial charge in [0.25, 0.3) is 0 Å². The number of hydrogen-bond donors (Lipinski definition) is 1. The Morgan fingerprint density at radius 1 is 1.60 bits per heavy atom. The van der Waals surface area contributed by atoms with E-state index in [-0.39, 0.29) is 18.9 Å². The van der Waals surface area contributed by atoms with Crippen LogP contribution in [0.15, 0.2) is 0 Å². The quantitative estimate of drug-likeness (QED) is 0.662. The lowest BCUT2D eigenvalue weighted by Crippen LogP contribution is -2.51. The molecule has 0 aromatic carbocycles. The second-order valence-corrected chi connectivity index (χ2v) is 5.85. The van der Waals surface area contributed by atoms with Crippen molar-refractivity contribution in [2.24, 2.45) is 0 Å². The molecule has 0 radical (unpaired) electrons. The van der Waals surface area contributed by atoms with Gasteiger partial charge in [-0.3, -0.25) is 9.69 Å². The molecule has 7 heteroatoms. The summed E-state index contributed by atoms with van der Waals surface area (Å²) in [6, 6.07) is -0.722. The topological polar surface area (TPSA) is 83.9 Å². The molecule has 1 aliphatic rings. The van der Waals surface area contributed by atoms with Gasteiger partial charge in [0, 0.05) is 19.3 Å². The van der Waals surface area contributed by atoms with Gasteiger partial charge in [0.2, 0.25) is 0 Å². The Kier molecular flexibility index (Phi) is 4.06. The van der Waals surface area contributed by atoms with Gasteiger partial charge in [0.1, 0.15) is 15.9 Å². The molecule has 1 aliphatic heterocycles. The van der Waals surface area contributed by atoms with Gasteiger partial charge in [0.15, 0.2) is 0 Å². The van der Waals surface area contributed by atoms with Crippen LogP contribution in [0.2, 0.25) is 0 Å². The minimum Gasteiger partial charge on any atom is -0.480 e. The van der Waals surface area contributed by atoms with Crippen molar-refractivity contribution in [1.29, 1.82) is 0 Å². The standard InChI is InChI=1S/C8H15NO5S/c1-15(12,13)5-3-9-2-4-14-6-7(9)8(10)11/h7H,2-6H2,1H3,(H,10,11). The number of nitrogens with zero attached hydrogens (tertiary/aromatic N) is 1. The zero-order chi connectivity index (χ0) is 11.5. The molecule has 0 saturated carbocycles. The van der Waals surface area contributed by atoms with Crippen LogP contribution in [-0.2, 0) is 19.4 Å². The first-order valence-corrected chi connectivity index (χ1v) is 6.68. The zero-order valence-corrected chi connectivity index (χ0v) is 9.37. The van der Waals surface area contributed by atoms with Crippen LogP contribution in [0, 0.1) is 0 Å². The Bertz CT molecular complexity index is 326. The average molecular weight is 237 g/mol. The van der Waals surface area contributed by atoms with Crippen molar-refractivity contribution in [2.75, 3.05) is 38.3 Å². The molecule has 88 valence electrons. The minimum atomic E-state index is -3.05. The number of hydrogen-bond acceptors (Lipinski definition) is 5. The maximum Gasteiger partial charge on any atom is 0.323 e. The van der Waals surface area contributed by atoms with E-state index >= 15 is 0 Å². The summed E-state index contributed by atoms with van der Waals surface area (Å²) in [5.74, 6) is -0.986. The molecule has 1 saturated heterocycles. The molecule has 15 heavy (non-hydrogen) atoms. The highest BCUT2D eigenvalue weighted by molar-refractivity contribution is 7.90. The molecule has 1 fully saturated rings. The molecule has 0 amide bonds. The van der Waals surface area contributed by atoms with Crippen LogP contribution in [0.4, 0.5) is 0 Å². The Morgan fingerprint density at radius 2 is 2.27 bits per heavy atom. The van der Waals surface area contributed by atoms with Gasteiger partial charge < -0.3 is 9.84 Å². The van der Waals surface area contributed by atoms with E-state index in [1.807, 2.05) is 0 Å². The second-order valence-electron chi connectivity index (χ2n) is 3.59. The predicted molar refractivity (Wildman–Crippen MR) is 53.5 cm³/mol. The molecular formula is C8H15NO5S. The Hall–Kier alpha value is -0.660. The third-order valence-electron chi connectivity index (χ3n) is 2.27. The number of carbonyl (C=O) groups is 1. The Labute approximate surface area is 88.7 Å². The summed E-state index contributed by atoms with van der Waals surface area (Å²) >= 11 is 0. The maximum atomic E-state index is 10.9. The number of ether oxygens (including phenoxy) is 1. The zero-order valence-electron chi connectivity index (χ0n) is 8.55. The second kappa shape index (κ2) is 4.91. The highest BCUT2D eigenvalue weighted by Crippen LogP contribution is 2.07. The summed E-state index contributed by atoms with van der Waals surface area (Å²) < 4.78 is 26.9. The molecule has 0 aromatic heterocycles. The van der Waals surface area contributed by atoms with Crippen molar-refractivity contribution in [1.82, 2.24) is 4.90 Å². The van der Waals surface area contributed by atoms with Gasteiger partial charge in [0.05, 0.1) is 19.0 Å². The molecule has 0 aliphatic carbocycles. The van der Waals surface area contributed by atoms with Crippen LogP contribution >= 0.6 is 0 Å². The molecule has 1 unspecified atom stereocenters. The number of sulfone groups is 1. The first-order valence-electron chi connectivity index (χ1n) is 4.62. The van der Waals surface area contributed by atoms with Crippen LogP contribution in [0.25, 0.3) is 0 Å². The van der Waals surface area contributed by atoms with Gasteiger partial charge in [-0.1, -0.05) is 0 Å². The molecule has 1 atom stereocenters. The maximum absolute atomic E-state index is 10.9. The van der Waals surface area contributed by atoms with Gasteiger partial charge in [-0.05, 0) is 0 Å². The summed E-state index contributed by atoms with van der Waals surface area (Å²) in [5.41, 5.74) is 0. The van der Waals surface area contributed by atoms with Crippen LogP contribution in [0.3, 0.4) is 0 Å². The molecule has 0 aromatic rings. The van der Waals surface area contributed by atoms with E-state index in [4.69, 9.17) is 9.84 Å². The monoisotopic (exact) mass is 237 g/mol. The average Bonchev–Trinajstić information content (AvgIpc) is 2.14. The minimum absolute atomic E-state index is 0.0171. The van der Waals surface area contributed by atoms with Crippen molar-refractivity contribution in [3.8, 4) is 0 Å². The summed E-state index contributed by atoms with van der Waals surface area (Å²) in [6.07, 6.45) is 1.14. The summed E-state index contributed by atoms with van der Waals surface area (Å²) in [5, 5.41) is 8.87. The van der Waals surface area contributed by atoms with E-state index in [0.717, 1.165) is 6.26 Å². The lowest BCUT2D eigenvalue weighted by molar-refractivity contribution is -0.149. The number of morpholine rings is 1. The molecule has 0 spiro atoms. The molecule has 1 N–H and O–H groups in total. The van der Waals surface area contributed by atoms with Crippen LogP contribution in [0.5, 0.6) is 0 Å². The van der Waals surface area contributed by atoms with Gasteiger partial charge in [-0.2, -0.15) is 0 Å². The van der Waals surface area contributed by atoms with Crippen LogP contribution in [0.1, 0.15) is 0 Å². The number of rotatable bonds is 4. The van der Waals surface area contributed by atoms with Gasteiger partial charge in [-0.25, -0.2) is 8.42 Å². The van der Waals surface area contributed by atoms with Crippen molar-refractivity contribution < 1.29 is 23.1 Å². The summed E-state index contributed by atoms with van der Waals surface area (Å²) in [7, 11) is -3.05. The largest absolute Gasteiger partial charge is 0.480 e. The van der Waals surface area contributed by atoms with Crippen LogP contribution < -0.4 is 0 Å². The lowest BCUT2D eigenvalue weighted by atomic mass is 10.2. The van der Waals surface area contributed by atoms with E-state index in [1.165, 1.54) is 0 Å². The van der Waals surface area contributed by atoms with Gasteiger partial charge in [-0.15, -0.1) is 0 Å². The number of aliphatic carboxylic acids is 1. The van der Waals surface area contributed by atoms with E-state index in [9.17, 15) is 13.2 Å². The Morgan fingerprint density at radius 3 is 2.80 bits per heavy atom. The van der Waals surface area contributed by atoms with Crippen molar-refractivity contribution in [3.63, 3.8) is 0 Å². The summed E-state index contributed by atoms with van der Waals surface area (Å²) in [6.45, 7) is 1.29. The van der Waals surface area contributed by atoms with Gasteiger partial charge >= 0.3 is 5.97 Å². The molecule has 0 bridgehead atoms. The SMILES string of the molecule is CS(=O)(=O)CCN1CCOCC1C(=O)O. The van der Waals surface area contributed by atoms with E-state index < -0.39 is 21.8 Å². The van der Waals surface area contributed by atoms with Crippen molar-refractivity contribution in [3.05, 3.63) is 0 Å². The smallest absolute Gasteiger partial charge is 0.323 e. The predicted octanol–water partition coefficient (Wildman–Crippen LogP) is -1.18. The lowest BCUT2D eigenvalue weighted by Gasteiger charge is -2.32. The van der Waals surface area contributed by atoms with E-state index in [1.54, 1.807) is 4.90 Å². The summed E-state index contributed by atoms with van der Waals surface area (Å²) in [4.78, 5) is 12.4. The fourth-order valence-electron chi connectivity index (χ4n) is 1.42. The van der Waals surface area contributed by atoms with Crippen LogP contribution in [-0.4, -0.2) is 68.7 Å². The van der Waals surface area contributed by atoms with E-state index in [2.05, 4.69) is 0 Å². The first-order chi connectivity index (χ1) is 6.90. The van der Waals surface area contributed by atoms with Crippen molar-refractivity contribution >= 4 is 15.8 Å². The number of carboxylic acids is 1. The third-order valence-corrected chi connectivity index (χ3v) is 3.20.